The minimum atomic E-state index is -0.432. The molecule has 35 heavy (non-hydrogen) atoms. The molecule has 0 fully saturated rings. The van der Waals surface area contributed by atoms with E-state index in [-0.39, 0.29) is 10.8 Å². The van der Waals surface area contributed by atoms with Gasteiger partial charge in [-0.05, 0) is 46.6 Å². The molecular weight excluding hydrogens is 494 g/mol. The lowest BCUT2D eigenvalue weighted by molar-refractivity contribution is 0.0497. The van der Waals surface area contributed by atoms with Gasteiger partial charge in [-0.15, -0.1) is 0 Å². The number of likely N-dealkylation sites (N-methyl/N-ethyl adjacent to an activating group) is 1. The predicted octanol–water partition coefficient (Wildman–Crippen LogP) is 3.80. The van der Waals surface area contributed by atoms with E-state index in [0.717, 1.165) is 38.6 Å². The predicted molar refractivity (Wildman–Crippen MR) is 143 cm³/mol. The highest BCUT2D eigenvalue weighted by Crippen LogP contribution is 2.37. The second-order valence-electron chi connectivity index (χ2n) is 8.25. The second kappa shape index (κ2) is 24.8. The van der Waals surface area contributed by atoms with Gasteiger partial charge in [0.1, 0.15) is 5.94 Å². The average molecular weight is 542 g/mol. The number of rotatable bonds is 24. The van der Waals surface area contributed by atoms with Crippen molar-refractivity contribution >= 4 is 33.8 Å². The maximum absolute atomic E-state index is 11.8. The number of hydrogen-bond donors (Lipinski definition) is 3. The third kappa shape index (κ3) is 26.0. The van der Waals surface area contributed by atoms with Gasteiger partial charge >= 0.3 is 12.2 Å². The second-order valence-corrected chi connectivity index (χ2v) is 11.2. The highest BCUT2D eigenvalue weighted by molar-refractivity contribution is 8.77. The Labute approximate surface area is 219 Å². The van der Waals surface area contributed by atoms with E-state index >= 15 is 0 Å². The van der Waals surface area contributed by atoms with Crippen LogP contribution in [0.1, 0.15) is 52.9 Å². The van der Waals surface area contributed by atoms with Crippen LogP contribution < -0.4 is 16.0 Å². The number of hydrogen-bond acceptors (Lipinski definition) is 10. The fourth-order valence-electron chi connectivity index (χ4n) is 2.37. The van der Waals surface area contributed by atoms with Crippen LogP contribution in [0.5, 0.6) is 0 Å². The Morgan fingerprint density at radius 2 is 1.37 bits per heavy atom. The first-order chi connectivity index (χ1) is 16.9. The molecule has 0 aromatic rings. The van der Waals surface area contributed by atoms with Gasteiger partial charge in [0.05, 0.1) is 39.6 Å². The Morgan fingerprint density at radius 3 is 2.06 bits per heavy atom. The van der Waals surface area contributed by atoms with E-state index < -0.39 is 6.09 Å². The molecule has 2 amide bonds. The normalized spacial score (nSPS) is 11.3. The Kier molecular flexibility index (Phi) is 24.1. The molecule has 3 N–H and O–H groups in total. The average Bonchev–Trinajstić information content (AvgIpc) is 2.82. The van der Waals surface area contributed by atoms with Crippen molar-refractivity contribution in [3.63, 3.8) is 0 Å². The van der Waals surface area contributed by atoms with E-state index in [2.05, 4.69) is 36.7 Å². The molecule has 0 aliphatic rings. The summed E-state index contributed by atoms with van der Waals surface area (Å²) in [5, 5.41) is 8.40. The number of ether oxygens (including phenoxy) is 5. The van der Waals surface area contributed by atoms with Crippen molar-refractivity contribution in [3.05, 3.63) is 0 Å². The summed E-state index contributed by atoms with van der Waals surface area (Å²) < 4.78 is 26.6. The summed E-state index contributed by atoms with van der Waals surface area (Å²) in [7, 11) is 5.23. The SMILES string of the molecule is CCCCNC(=O)OCCCCOCSSC(C)(C)CCOC(=O)NCCOCCOCCNC. The largest absolute Gasteiger partial charge is 0.450 e. The van der Waals surface area contributed by atoms with Crippen molar-refractivity contribution < 1.29 is 33.3 Å². The minimum Gasteiger partial charge on any atom is -0.450 e. The molecule has 0 saturated heterocycles. The summed E-state index contributed by atoms with van der Waals surface area (Å²) in [6.07, 6.45) is 3.58. The van der Waals surface area contributed by atoms with E-state index in [0.29, 0.717) is 65.3 Å². The maximum atomic E-state index is 11.8. The number of nitrogens with one attached hydrogen (secondary N) is 3. The summed E-state index contributed by atoms with van der Waals surface area (Å²) in [6, 6.07) is 0. The molecule has 0 rings (SSSR count). The topological polar surface area (TPSA) is 116 Å². The van der Waals surface area contributed by atoms with Gasteiger partial charge in [0, 0.05) is 31.0 Å². The number of alkyl carbamates (subject to hydrolysis) is 2. The molecule has 0 atom stereocenters. The first-order valence-corrected chi connectivity index (χ1v) is 14.7. The molecule has 0 heterocycles. The van der Waals surface area contributed by atoms with Crippen LogP contribution in [0.25, 0.3) is 0 Å². The molecule has 12 heteroatoms. The summed E-state index contributed by atoms with van der Waals surface area (Å²) in [4.78, 5) is 23.2. The molecule has 0 aromatic carbocycles. The van der Waals surface area contributed by atoms with Crippen molar-refractivity contribution in [3.8, 4) is 0 Å². The summed E-state index contributed by atoms with van der Waals surface area (Å²) in [6.45, 7) is 11.7. The van der Waals surface area contributed by atoms with E-state index in [4.69, 9.17) is 23.7 Å². The van der Waals surface area contributed by atoms with Gasteiger partial charge in [0.15, 0.2) is 0 Å². The monoisotopic (exact) mass is 541 g/mol. The van der Waals surface area contributed by atoms with Crippen molar-refractivity contribution in [2.45, 2.75) is 57.6 Å². The van der Waals surface area contributed by atoms with Crippen molar-refractivity contribution in [1.82, 2.24) is 16.0 Å². The first kappa shape index (κ1) is 34.1. The number of carbonyl (C=O) groups is 2. The van der Waals surface area contributed by atoms with Crippen LogP contribution in [-0.4, -0.2) is 95.8 Å². The van der Waals surface area contributed by atoms with Crippen molar-refractivity contribution in [2.75, 3.05) is 78.9 Å². The van der Waals surface area contributed by atoms with Gasteiger partial charge in [-0.1, -0.05) is 34.9 Å². The first-order valence-electron chi connectivity index (χ1n) is 12.4. The molecule has 208 valence electrons. The van der Waals surface area contributed by atoms with Gasteiger partial charge in [-0.25, -0.2) is 9.59 Å². The summed E-state index contributed by atoms with van der Waals surface area (Å²) in [5.41, 5.74) is 0. The third-order valence-electron chi connectivity index (χ3n) is 4.45. The highest BCUT2D eigenvalue weighted by Gasteiger charge is 2.19. The smallest absolute Gasteiger partial charge is 0.407 e. The van der Waals surface area contributed by atoms with Crippen LogP contribution in [0, 0.1) is 0 Å². The number of amides is 2. The molecule has 0 aromatic heterocycles. The van der Waals surface area contributed by atoms with E-state index in [9.17, 15) is 9.59 Å². The zero-order valence-electron chi connectivity index (χ0n) is 22.0. The molecule has 0 saturated carbocycles. The van der Waals surface area contributed by atoms with Crippen LogP contribution in [0.2, 0.25) is 0 Å². The molecular formula is C23H47N3O7S2. The van der Waals surface area contributed by atoms with Gasteiger partial charge < -0.3 is 39.6 Å². The van der Waals surface area contributed by atoms with Gasteiger partial charge in [-0.3, -0.25) is 0 Å². The molecule has 0 bridgehead atoms. The standard InChI is InChI=1S/C23H47N3O7S2/c1-5-6-10-25-21(27)32-14-8-7-13-31-20-34-35-23(2,3)9-15-33-22(28)26-12-17-30-19-18-29-16-11-24-4/h24H,5-20H2,1-4H3,(H,25,27)(H,26,28). The lowest BCUT2D eigenvalue weighted by Crippen LogP contribution is -2.29. The van der Waals surface area contributed by atoms with Crippen LogP contribution in [-0.2, 0) is 23.7 Å². The summed E-state index contributed by atoms with van der Waals surface area (Å²) in [5.74, 6) is 0.578. The zero-order valence-corrected chi connectivity index (χ0v) is 23.6. The molecule has 0 spiro atoms. The number of unbranched alkanes of at least 4 members (excludes halogenated alkanes) is 2. The Morgan fingerprint density at radius 1 is 0.743 bits per heavy atom. The third-order valence-corrected chi connectivity index (χ3v) is 7.49. The van der Waals surface area contributed by atoms with Crippen molar-refractivity contribution in [1.29, 1.82) is 0 Å². The van der Waals surface area contributed by atoms with Crippen LogP contribution in [0.15, 0.2) is 0 Å². The zero-order chi connectivity index (χ0) is 26.0. The molecule has 10 nitrogen and oxygen atoms in total. The molecule has 0 aliphatic heterocycles. The Hall–Kier alpha value is -0.920. The molecule has 0 radical (unpaired) electrons. The van der Waals surface area contributed by atoms with Gasteiger partial charge in [0.2, 0.25) is 0 Å². The van der Waals surface area contributed by atoms with Crippen LogP contribution in [0.3, 0.4) is 0 Å². The Balaban J connectivity index is 3.50. The van der Waals surface area contributed by atoms with Crippen LogP contribution in [0.4, 0.5) is 9.59 Å². The fraction of sp³-hybridized carbons (Fsp3) is 0.913. The van der Waals surface area contributed by atoms with Crippen LogP contribution >= 0.6 is 21.6 Å². The minimum absolute atomic E-state index is 0.0519. The number of carbonyl (C=O) groups excluding carboxylic acids is 2. The van der Waals surface area contributed by atoms with E-state index in [1.165, 1.54) is 0 Å². The lowest BCUT2D eigenvalue weighted by Gasteiger charge is -2.22. The highest BCUT2D eigenvalue weighted by atomic mass is 33.1. The maximum Gasteiger partial charge on any atom is 0.407 e. The fourth-order valence-corrected chi connectivity index (χ4v) is 4.64. The van der Waals surface area contributed by atoms with Crippen molar-refractivity contribution in [2.24, 2.45) is 0 Å². The quantitative estimate of drug-likeness (QED) is 0.0946. The van der Waals surface area contributed by atoms with E-state index in [1.54, 1.807) is 21.6 Å². The van der Waals surface area contributed by atoms with Gasteiger partial charge in [0.25, 0.3) is 0 Å². The Bertz CT molecular complexity index is 518. The van der Waals surface area contributed by atoms with Gasteiger partial charge in [-0.2, -0.15) is 0 Å². The lowest BCUT2D eigenvalue weighted by atomic mass is 10.1. The molecule has 0 aliphatic carbocycles. The summed E-state index contributed by atoms with van der Waals surface area (Å²) >= 11 is 0. The van der Waals surface area contributed by atoms with E-state index in [1.807, 2.05) is 7.05 Å². The molecule has 0 unspecified atom stereocenters.